The lowest BCUT2D eigenvalue weighted by Gasteiger charge is -2.38. The molecule has 6 heteroatoms. The lowest BCUT2D eigenvalue weighted by Crippen LogP contribution is -2.56. The number of guanidine groups is 1. The molecule has 0 aromatic rings. The number of hydrogen-bond donors (Lipinski definition) is 1. The number of hydrogen-bond acceptors (Lipinski definition) is 3. The fraction of sp³-hybridized carbons (Fsp3) is 0.889. The molecule has 1 heterocycles. The third-order valence-corrected chi connectivity index (χ3v) is 5.22. The standard InChI is InChI=1S/C9H19N3O2S/c1-4-11-8(10)12-5-6-15(13,14)9(2,3)7-12/h4-7H2,1-3H3,(H2,10,11). The van der Waals surface area contributed by atoms with Crippen LogP contribution in [-0.4, -0.2) is 49.4 Å². The van der Waals surface area contributed by atoms with Gasteiger partial charge < -0.3 is 10.6 Å². The lowest BCUT2D eigenvalue weighted by molar-refractivity contribution is 0.360. The van der Waals surface area contributed by atoms with E-state index in [9.17, 15) is 8.42 Å². The molecular weight excluding hydrogens is 214 g/mol. The fourth-order valence-corrected chi connectivity index (χ4v) is 2.97. The van der Waals surface area contributed by atoms with Crippen molar-refractivity contribution in [3.8, 4) is 0 Å². The maximum atomic E-state index is 11.7. The van der Waals surface area contributed by atoms with E-state index in [0.29, 0.717) is 25.6 Å². The van der Waals surface area contributed by atoms with Crippen LogP contribution in [0, 0.1) is 0 Å². The summed E-state index contributed by atoms with van der Waals surface area (Å²) in [5.41, 5.74) is 5.75. The molecule has 0 bridgehead atoms. The maximum Gasteiger partial charge on any atom is 0.191 e. The van der Waals surface area contributed by atoms with Gasteiger partial charge in [-0.25, -0.2) is 8.42 Å². The Balaban J connectivity index is 2.84. The molecule has 0 aromatic carbocycles. The largest absolute Gasteiger partial charge is 0.370 e. The third-order valence-electron chi connectivity index (χ3n) is 2.69. The molecule has 0 atom stereocenters. The van der Waals surface area contributed by atoms with Crippen LogP contribution in [0.1, 0.15) is 20.8 Å². The Morgan fingerprint density at radius 3 is 2.60 bits per heavy atom. The average Bonchev–Trinajstić information content (AvgIpc) is 2.10. The van der Waals surface area contributed by atoms with Crippen LogP contribution in [0.5, 0.6) is 0 Å². The molecule has 1 aliphatic heterocycles. The number of rotatable bonds is 1. The van der Waals surface area contributed by atoms with Crippen molar-refractivity contribution < 1.29 is 8.42 Å². The maximum absolute atomic E-state index is 11.7. The predicted octanol–water partition coefficient (Wildman–Crippen LogP) is -0.170. The first-order valence-electron chi connectivity index (χ1n) is 5.07. The van der Waals surface area contributed by atoms with E-state index in [1.807, 2.05) is 11.8 Å². The van der Waals surface area contributed by atoms with Gasteiger partial charge in [-0.3, -0.25) is 4.99 Å². The zero-order chi connectivity index (χ0) is 11.7. The van der Waals surface area contributed by atoms with Gasteiger partial charge in [0.25, 0.3) is 0 Å². The first-order valence-corrected chi connectivity index (χ1v) is 6.72. The van der Waals surface area contributed by atoms with Crippen LogP contribution in [0.25, 0.3) is 0 Å². The summed E-state index contributed by atoms with van der Waals surface area (Å²) in [5, 5.41) is 0. The molecule has 0 aliphatic carbocycles. The first-order chi connectivity index (χ1) is 6.80. The van der Waals surface area contributed by atoms with Crippen molar-refractivity contribution in [3.05, 3.63) is 0 Å². The van der Waals surface area contributed by atoms with Gasteiger partial charge >= 0.3 is 0 Å². The number of nitrogens with zero attached hydrogens (tertiary/aromatic N) is 2. The second-order valence-electron chi connectivity index (χ2n) is 4.33. The molecule has 2 N–H and O–H groups in total. The second kappa shape index (κ2) is 4.00. The van der Waals surface area contributed by atoms with E-state index >= 15 is 0 Å². The first kappa shape index (κ1) is 12.3. The second-order valence-corrected chi connectivity index (χ2v) is 7.08. The molecule has 1 rings (SSSR count). The molecule has 0 spiro atoms. The van der Waals surface area contributed by atoms with Gasteiger partial charge in [-0.15, -0.1) is 0 Å². The van der Waals surface area contributed by atoms with Gasteiger partial charge in [0.15, 0.2) is 15.8 Å². The van der Waals surface area contributed by atoms with Crippen LogP contribution >= 0.6 is 0 Å². The van der Waals surface area contributed by atoms with E-state index in [-0.39, 0.29) is 5.75 Å². The molecule has 0 amide bonds. The Morgan fingerprint density at radius 2 is 2.13 bits per heavy atom. The van der Waals surface area contributed by atoms with Crippen molar-refractivity contribution in [3.63, 3.8) is 0 Å². The van der Waals surface area contributed by atoms with Crippen molar-refractivity contribution in [2.24, 2.45) is 10.7 Å². The molecule has 0 radical (unpaired) electrons. The van der Waals surface area contributed by atoms with Crippen molar-refractivity contribution in [1.29, 1.82) is 0 Å². The topological polar surface area (TPSA) is 75.8 Å². The molecule has 15 heavy (non-hydrogen) atoms. The Bertz CT molecular complexity index is 360. The summed E-state index contributed by atoms with van der Waals surface area (Å²) in [7, 11) is -2.99. The van der Waals surface area contributed by atoms with Crippen LogP contribution in [0.15, 0.2) is 4.99 Å². The molecule has 0 saturated carbocycles. The van der Waals surface area contributed by atoms with Crippen LogP contribution in [-0.2, 0) is 9.84 Å². The summed E-state index contributed by atoms with van der Waals surface area (Å²) < 4.78 is 22.7. The molecule has 1 aliphatic rings. The van der Waals surface area contributed by atoms with Gasteiger partial charge in [0.2, 0.25) is 0 Å². The zero-order valence-electron chi connectivity index (χ0n) is 9.52. The van der Waals surface area contributed by atoms with Crippen molar-refractivity contribution in [2.45, 2.75) is 25.5 Å². The van der Waals surface area contributed by atoms with E-state index < -0.39 is 14.6 Å². The van der Waals surface area contributed by atoms with Gasteiger partial charge in [0, 0.05) is 19.6 Å². The van der Waals surface area contributed by atoms with Gasteiger partial charge in [-0.1, -0.05) is 0 Å². The van der Waals surface area contributed by atoms with Gasteiger partial charge in [-0.2, -0.15) is 0 Å². The monoisotopic (exact) mass is 233 g/mol. The van der Waals surface area contributed by atoms with E-state index in [4.69, 9.17) is 5.73 Å². The summed E-state index contributed by atoms with van der Waals surface area (Å²) >= 11 is 0. The molecule has 88 valence electrons. The summed E-state index contributed by atoms with van der Waals surface area (Å²) in [4.78, 5) is 5.92. The Morgan fingerprint density at radius 1 is 1.53 bits per heavy atom. The van der Waals surface area contributed by atoms with E-state index in [2.05, 4.69) is 4.99 Å². The predicted molar refractivity (Wildman–Crippen MR) is 61.6 cm³/mol. The minimum atomic E-state index is -2.99. The summed E-state index contributed by atoms with van der Waals surface area (Å²) in [6, 6.07) is 0. The smallest absolute Gasteiger partial charge is 0.191 e. The lowest BCUT2D eigenvalue weighted by atomic mass is 10.2. The highest BCUT2D eigenvalue weighted by atomic mass is 32.2. The highest BCUT2D eigenvalue weighted by molar-refractivity contribution is 7.92. The fourth-order valence-electron chi connectivity index (χ4n) is 1.60. The number of aliphatic imine (C=N–C) groups is 1. The summed E-state index contributed by atoms with van der Waals surface area (Å²) in [6.45, 7) is 6.85. The molecular formula is C9H19N3O2S. The van der Waals surface area contributed by atoms with Crippen LogP contribution in [0.3, 0.4) is 0 Å². The van der Waals surface area contributed by atoms with E-state index in [1.54, 1.807) is 13.8 Å². The average molecular weight is 233 g/mol. The number of nitrogens with two attached hydrogens (primary N) is 1. The molecule has 1 fully saturated rings. The van der Waals surface area contributed by atoms with Gasteiger partial charge in [-0.05, 0) is 20.8 Å². The van der Waals surface area contributed by atoms with Crippen molar-refractivity contribution in [2.75, 3.05) is 25.4 Å². The highest BCUT2D eigenvalue weighted by Gasteiger charge is 2.40. The van der Waals surface area contributed by atoms with Crippen LogP contribution in [0.4, 0.5) is 0 Å². The Kier molecular flexibility index (Phi) is 3.28. The molecule has 0 aromatic heterocycles. The minimum Gasteiger partial charge on any atom is -0.370 e. The Labute approximate surface area is 91.3 Å². The summed E-state index contributed by atoms with van der Waals surface area (Å²) in [6.07, 6.45) is 0. The van der Waals surface area contributed by atoms with Crippen molar-refractivity contribution >= 4 is 15.8 Å². The molecule has 1 saturated heterocycles. The van der Waals surface area contributed by atoms with Crippen LogP contribution in [0.2, 0.25) is 0 Å². The molecule has 5 nitrogen and oxygen atoms in total. The zero-order valence-corrected chi connectivity index (χ0v) is 10.3. The van der Waals surface area contributed by atoms with Gasteiger partial charge in [0.05, 0.1) is 10.5 Å². The van der Waals surface area contributed by atoms with E-state index in [0.717, 1.165) is 0 Å². The minimum absolute atomic E-state index is 0.153. The quantitative estimate of drug-likeness (QED) is 0.504. The Hall–Kier alpha value is -0.780. The normalized spacial score (nSPS) is 25.3. The molecule has 0 unspecified atom stereocenters. The highest BCUT2D eigenvalue weighted by Crippen LogP contribution is 2.23. The SMILES string of the molecule is CCN=C(N)N1CCS(=O)(=O)C(C)(C)C1. The van der Waals surface area contributed by atoms with Gasteiger partial charge in [0.1, 0.15) is 0 Å². The third kappa shape index (κ3) is 2.42. The number of sulfone groups is 1. The summed E-state index contributed by atoms with van der Waals surface area (Å²) in [5.74, 6) is 0.598. The van der Waals surface area contributed by atoms with Crippen molar-refractivity contribution in [1.82, 2.24) is 4.90 Å². The van der Waals surface area contributed by atoms with E-state index in [1.165, 1.54) is 0 Å². The van der Waals surface area contributed by atoms with Crippen LogP contribution < -0.4 is 5.73 Å².